The quantitative estimate of drug-likeness (QED) is 0.631. The summed E-state index contributed by atoms with van der Waals surface area (Å²) < 4.78 is 12.6. The van der Waals surface area contributed by atoms with Gasteiger partial charge in [0.25, 0.3) is 0 Å². The Morgan fingerprint density at radius 2 is 1.67 bits per heavy atom. The van der Waals surface area contributed by atoms with Crippen LogP contribution in [-0.2, 0) is 0 Å². The van der Waals surface area contributed by atoms with Crippen LogP contribution in [0.25, 0.3) is 5.69 Å². The molecule has 0 spiro atoms. The molecule has 3 rings (SSSR count). The molecule has 0 atom stereocenters. The summed E-state index contributed by atoms with van der Waals surface area (Å²) in [6, 6.07) is 17.5. The summed E-state index contributed by atoms with van der Waals surface area (Å²) in [4.78, 5) is 12.8. The minimum atomic E-state index is 0.0417. The van der Waals surface area contributed by atoms with Gasteiger partial charge in [0.15, 0.2) is 17.3 Å². The van der Waals surface area contributed by atoms with Crippen molar-refractivity contribution in [3.8, 4) is 17.2 Å². The first kappa shape index (κ1) is 18.6. The largest absolute Gasteiger partial charge is 0.493 e. The molecule has 5 heteroatoms. The lowest BCUT2D eigenvalue weighted by atomic mass is 10.1. The molecule has 0 unspecified atom stereocenters. The molecule has 0 saturated heterocycles. The highest BCUT2D eigenvalue weighted by Gasteiger charge is 2.16. The summed E-state index contributed by atoms with van der Waals surface area (Å²) in [7, 11) is 3.18. The number of hydrogen-bond acceptors (Lipinski definition) is 4. The van der Waals surface area contributed by atoms with Crippen molar-refractivity contribution in [2.45, 2.75) is 13.8 Å². The van der Waals surface area contributed by atoms with Crippen LogP contribution >= 0.6 is 0 Å². The molecule has 1 heterocycles. The highest BCUT2D eigenvalue weighted by atomic mass is 16.5. The number of para-hydroxylation sites is 1. The second kappa shape index (κ2) is 7.99. The van der Waals surface area contributed by atoms with Crippen LogP contribution < -0.4 is 14.8 Å². The lowest BCUT2D eigenvalue weighted by molar-refractivity contribution is 0.101. The zero-order valence-corrected chi connectivity index (χ0v) is 16.1. The van der Waals surface area contributed by atoms with Crippen molar-refractivity contribution in [2.24, 2.45) is 0 Å². The summed E-state index contributed by atoms with van der Waals surface area (Å²) >= 11 is 0. The number of hydrogen-bond donors (Lipinski definition) is 1. The lowest BCUT2D eigenvalue weighted by Gasteiger charge is -2.11. The minimum absolute atomic E-state index is 0.0417. The van der Waals surface area contributed by atoms with Crippen molar-refractivity contribution in [2.75, 3.05) is 26.1 Å². The molecule has 2 aromatic carbocycles. The predicted octanol–water partition coefficient (Wildman–Crippen LogP) is 4.41. The van der Waals surface area contributed by atoms with Crippen molar-refractivity contribution >= 4 is 11.5 Å². The molecular weight excluding hydrogens is 340 g/mol. The number of ketones is 1. The molecule has 0 aliphatic rings. The van der Waals surface area contributed by atoms with Crippen molar-refractivity contribution in [3.63, 3.8) is 0 Å². The van der Waals surface area contributed by atoms with Crippen LogP contribution in [0.3, 0.4) is 0 Å². The SMILES string of the molecule is COc1ccc(NCC(=O)c2cc(C)n(-c3ccccc3)c2C)cc1OC. The smallest absolute Gasteiger partial charge is 0.183 e. The Bertz CT molecular complexity index is 946. The number of aromatic nitrogens is 1. The first-order chi connectivity index (χ1) is 13.0. The van der Waals surface area contributed by atoms with E-state index in [2.05, 4.69) is 9.88 Å². The van der Waals surface area contributed by atoms with Gasteiger partial charge in [0, 0.05) is 34.4 Å². The Hall–Kier alpha value is -3.21. The third kappa shape index (κ3) is 3.82. The topological polar surface area (TPSA) is 52.5 Å². The predicted molar refractivity (Wildman–Crippen MR) is 108 cm³/mol. The van der Waals surface area contributed by atoms with Crippen LogP contribution in [-0.4, -0.2) is 31.1 Å². The van der Waals surface area contributed by atoms with Crippen LogP contribution in [0.2, 0.25) is 0 Å². The van der Waals surface area contributed by atoms with E-state index in [0.717, 1.165) is 28.3 Å². The van der Waals surface area contributed by atoms with Gasteiger partial charge in [-0.2, -0.15) is 0 Å². The number of carbonyl (C=O) groups is 1. The number of nitrogens with one attached hydrogen (secondary N) is 1. The highest BCUT2D eigenvalue weighted by Crippen LogP contribution is 2.29. The monoisotopic (exact) mass is 364 g/mol. The van der Waals surface area contributed by atoms with Gasteiger partial charge in [-0.15, -0.1) is 0 Å². The maximum atomic E-state index is 12.8. The number of Topliss-reactive ketones (excluding diaryl/α,β-unsaturated/α-hetero) is 1. The Morgan fingerprint density at radius 1 is 0.963 bits per heavy atom. The molecule has 1 N–H and O–H groups in total. The Balaban J connectivity index is 1.78. The van der Waals surface area contributed by atoms with E-state index in [-0.39, 0.29) is 12.3 Å². The number of nitrogens with zero attached hydrogens (tertiary/aromatic N) is 1. The number of aryl methyl sites for hydroxylation is 1. The van der Waals surface area contributed by atoms with E-state index in [9.17, 15) is 4.79 Å². The molecule has 0 fully saturated rings. The van der Waals surface area contributed by atoms with Gasteiger partial charge in [0.2, 0.25) is 0 Å². The summed E-state index contributed by atoms with van der Waals surface area (Å²) in [6.07, 6.45) is 0. The molecule has 3 aromatic rings. The fourth-order valence-corrected chi connectivity index (χ4v) is 3.24. The van der Waals surface area contributed by atoms with Crippen LogP contribution in [0.5, 0.6) is 11.5 Å². The molecule has 27 heavy (non-hydrogen) atoms. The van der Waals surface area contributed by atoms with Crippen molar-refractivity contribution in [1.29, 1.82) is 0 Å². The van der Waals surface area contributed by atoms with Gasteiger partial charge in [-0.25, -0.2) is 0 Å². The Morgan fingerprint density at radius 3 is 2.33 bits per heavy atom. The maximum absolute atomic E-state index is 12.8. The van der Waals surface area contributed by atoms with Crippen LogP contribution in [0.4, 0.5) is 5.69 Å². The first-order valence-electron chi connectivity index (χ1n) is 8.78. The molecule has 0 aliphatic heterocycles. The fourth-order valence-electron chi connectivity index (χ4n) is 3.24. The van der Waals surface area contributed by atoms with E-state index >= 15 is 0 Å². The molecule has 1 aromatic heterocycles. The summed E-state index contributed by atoms with van der Waals surface area (Å²) in [5, 5.41) is 3.17. The zero-order valence-electron chi connectivity index (χ0n) is 16.1. The van der Waals surface area contributed by atoms with Gasteiger partial charge < -0.3 is 19.4 Å². The van der Waals surface area contributed by atoms with E-state index in [1.807, 2.05) is 68.4 Å². The van der Waals surface area contributed by atoms with Gasteiger partial charge in [0.1, 0.15) is 0 Å². The zero-order chi connectivity index (χ0) is 19.4. The van der Waals surface area contributed by atoms with Gasteiger partial charge in [-0.1, -0.05) is 18.2 Å². The Kier molecular flexibility index (Phi) is 5.50. The normalized spacial score (nSPS) is 10.5. The molecular formula is C22H24N2O3. The number of benzene rings is 2. The minimum Gasteiger partial charge on any atom is -0.493 e. The van der Waals surface area contributed by atoms with E-state index in [4.69, 9.17) is 9.47 Å². The summed E-state index contributed by atoms with van der Waals surface area (Å²) in [5.74, 6) is 1.32. The van der Waals surface area contributed by atoms with E-state index in [1.165, 1.54) is 0 Å². The molecule has 0 amide bonds. The second-order valence-electron chi connectivity index (χ2n) is 6.30. The number of carbonyl (C=O) groups excluding carboxylic acids is 1. The van der Waals surface area contributed by atoms with Crippen molar-refractivity contribution in [1.82, 2.24) is 4.57 Å². The number of anilines is 1. The standard InChI is InChI=1S/C22H24N2O3/c1-15-12-19(16(2)24(15)18-8-6-5-7-9-18)20(25)14-23-17-10-11-21(26-3)22(13-17)27-4/h5-13,23H,14H2,1-4H3. The van der Waals surface area contributed by atoms with Crippen LogP contribution in [0, 0.1) is 13.8 Å². The average Bonchev–Trinajstić information content (AvgIpc) is 3.00. The molecule has 0 bridgehead atoms. The van der Waals surface area contributed by atoms with Crippen LogP contribution in [0.15, 0.2) is 54.6 Å². The molecule has 0 aliphatic carbocycles. The number of rotatable bonds is 7. The van der Waals surface area contributed by atoms with Crippen molar-refractivity contribution < 1.29 is 14.3 Å². The second-order valence-corrected chi connectivity index (χ2v) is 6.30. The van der Waals surface area contributed by atoms with Gasteiger partial charge in [-0.3, -0.25) is 4.79 Å². The molecule has 0 saturated carbocycles. The summed E-state index contributed by atoms with van der Waals surface area (Å²) in [5.41, 5.74) is 4.56. The number of ether oxygens (including phenoxy) is 2. The van der Waals surface area contributed by atoms with Gasteiger partial charge in [0.05, 0.1) is 20.8 Å². The van der Waals surface area contributed by atoms with E-state index < -0.39 is 0 Å². The van der Waals surface area contributed by atoms with E-state index in [1.54, 1.807) is 14.2 Å². The van der Waals surface area contributed by atoms with Gasteiger partial charge in [-0.05, 0) is 44.2 Å². The molecule has 140 valence electrons. The van der Waals surface area contributed by atoms with Crippen molar-refractivity contribution in [3.05, 3.63) is 71.5 Å². The first-order valence-corrected chi connectivity index (χ1v) is 8.78. The molecule has 0 radical (unpaired) electrons. The highest BCUT2D eigenvalue weighted by molar-refractivity contribution is 6.00. The Labute approximate surface area is 159 Å². The summed E-state index contributed by atoms with van der Waals surface area (Å²) in [6.45, 7) is 4.19. The average molecular weight is 364 g/mol. The third-order valence-electron chi connectivity index (χ3n) is 4.58. The molecule has 5 nitrogen and oxygen atoms in total. The van der Waals surface area contributed by atoms with Crippen LogP contribution in [0.1, 0.15) is 21.7 Å². The van der Waals surface area contributed by atoms with E-state index in [0.29, 0.717) is 11.5 Å². The third-order valence-corrected chi connectivity index (χ3v) is 4.58. The maximum Gasteiger partial charge on any atom is 0.183 e. The lowest BCUT2D eigenvalue weighted by Crippen LogP contribution is -2.15. The fraction of sp³-hybridized carbons (Fsp3) is 0.227. The number of methoxy groups -OCH3 is 2. The van der Waals surface area contributed by atoms with Gasteiger partial charge >= 0.3 is 0 Å².